The van der Waals surface area contributed by atoms with Gasteiger partial charge in [0, 0.05) is 40.8 Å². The van der Waals surface area contributed by atoms with Crippen LogP contribution in [0.4, 0.5) is 19.3 Å². The fourth-order valence-electron chi connectivity index (χ4n) is 5.13. The SMILES string of the molecule is CN1CCc2c(sc3c2CN(C(=O)Nc2cc(F)ccc2F)[C@H](c2ccc(Cl)cc2)c2cccn2-3)C1. The molecule has 1 N–H and O–H groups in total. The third-order valence-electron chi connectivity index (χ3n) is 6.87. The van der Waals surface area contributed by atoms with E-state index >= 15 is 0 Å². The second kappa shape index (κ2) is 9.03. The molecule has 0 saturated carbocycles. The maximum atomic E-state index is 14.5. The van der Waals surface area contributed by atoms with Crippen molar-refractivity contribution in [3.63, 3.8) is 0 Å². The molecule has 184 valence electrons. The summed E-state index contributed by atoms with van der Waals surface area (Å²) in [6, 6.07) is 13.4. The third kappa shape index (κ3) is 3.99. The highest BCUT2D eigenvalue weighted by Crippen LogP contribution is 2.43. The molecule has 0 aliphatic carbocycles. The number of hydrogen-bond acceptors (Lipinski definition) is 3. The van der Waals surface area contributed by atoms with Crippen LogP contribution in [0.5, 0.6) is 0 Å². The van der Waals surface area contributed by atoms with Crippen LogP contribution in [0, 0.1) is 11.6 Å². The molecule has 6 rings (SSSR count). The van der Waals surface area contributed by atoms with Gasteiger partial charge in [-0.3, -0.25) is 0 Å². The van der Waals surface area contributed by atoms with E-state index in [2.05, 4.69) is 21.8 Å². The first-order valence-electron chi connectivity index (χ1n) is 11.7. The molecule has 2 aliphatic rings. The van der Waals surface area contributed by atoms with Crippen molar-refractivity contribution >= 4 is 34.7 Å². The molecule has 0 radical (unpaired) electrons. The van der Waals surface area contributed by atoms with Crippen LogP contribution < -0.4 is 5.32 Å². The topological polar surface area (TPSA) is 40.5 Å². The van der Waals surface area contributed by atoms with Gasteiger partial charge in [-0.25, -0.2) is 13.6 Å². The Balaban J connectivity index is 1.50. The number of rotatable bonds is 2. The summed E-state index contributed by atoms with van der Waals surface area (Å²) in [5.41, 5.74) is 3.98. The summed E-state index contributed by atoms with van der Waals surface area (Å²) >= 11 is 7.93. The molecule has 2 aromatic carbocycles. The number of fused-ring (bicyclic) bond motifs is 5. The van der Waals surface area contributed by atoms with E-state index in [0.29, 0.717) is 11.6 Å². The van der Waals surface area contributed by atoms with E-state index in [1.807, 2.05) is 30.5 Å². The maximum absolute atomic E-state index is 14.5. The van der Waals surface area contributed by atoms with E-state index < -0.39 is 23.7 Å². The van der Waals surface area contributed by atoms with Gasteiger partial charge >= 0.3 is 6.03 Å². The highest BCUT2D eigenvalue weighted by atomic mass is 35.5. The second-order valence-corrected chi connectivity index (χ2v) is 10.7. The first kappa shape index (κ1) is 23.2. The first-order valence-corrected chi connectivity index (χ1v) is 12.9. The van der Waals surface area contributed by atoms with Crippen molar-refractivity contribution in [1.29, 1.82) is 0 Å². The van der Waals surface area contributed by atoms with Gasteiger partial charge in [-0.05, 0) is 61.0 Å². The van der Waals surface area contributed by atoms with E-state index in [4.69, 9.17) is 11.6 Å². The Labute approximate surface area is 216 Å². The number of carbonyl (C=O) groups excluding carboxylic acids is 1. The molecule has 0 spiro atoms. The average molecular weight is 525 g/mol. The van der Waals surface area contributed by atoms with E-state index in [0.717, 1.165) is 59.5 Å². The number of amides is 2. The van der Waals surface area contributed by atoms with Crippen molar-refractivity contribution in [1.82, 2.24) is 14.4 Å². The molecule has 2 aromatic heterocycles. The van der Waals surface area contributed by atoms with Crippen molar-refractivity contribution in [2.24, 2.45) is 0 Å². The lowest BCUT2D eigenvalue weighted by atomic mass is 10.0. The second-order valence-electron chi connectivity index (χ2n) is 9.21. The number of nitrogens with zero attached hydrogens (tertiary/aromatic N) is 3. The number of thiophene rings is 1. The van der Waals surface area contributed by atoms with Crippen LogP contribution in [0.3, 0.4) is 0 Å². The molecule has 5 nitrogen and oxygen atoms in total. The molecule has 4 aromatic rings. The standard InChI is InChI=1S/C27H23ClF2N4OS/c1-32-12-10-19-20-14-34(27(35)31-22-13-18(29)8-9-21(22)30)25(16-4-6-17(28)7-5-16)23-3-2-11-33(23)26(20)36-24(19)15-32/h2-9,11,13,25H,10,12,14-15H2,1H3,(H,31,35)/t25-/m1/s1. The monoisotopic (exact) mass is 524 g/mol. The number of halogens is 3. The van der Waals surface area contributed by atoms with Crippen LogP contribution in [0.15, 0.2) is 60.8 Å². The molecule has 0 unspecified atom stereocenters. The predicted molar refractivity (Wildman–Crippen MR) is 138 cm³/mol. The third-order valence-corrected chi connectivity index (χ3v) is 8.38. The normalized spacial score (nSPS) is 17.2. The van der Waals surface area contributed by atoms with Gasteiger partial charge in [-0.2, -0.15) is 0 Å². The molecule has 0 bridgehead atoms. The molecule has 0 fully saturated rings. The number of likely N-dealkylation sites (N-methyl/N-ethyl adjacent to an activating group) is 1. The van der Waals surface area contributed by atoms with Crippen LogP contribution in [-0.4, -0.2) is 34.0 Å². The molecule has 9 heteroatoms. The van der Waals surface area contributed by atoms with Gasteiger partial charge in [0.1, 0.15) is 16.6 Å². The number of benzene rings is 2. The molecule has 2 aliphatic heterocycles. The minimum atomic E-state index is -0.692. The number of aromatic nitrogens is 1. The Morgan fingerprint density at radius 1 is 1.08 bits per heavy atom. The molecular formula is C27H23ClF2N4OS. The molecule has 36 heavy (non-hydrogen) atoms. The van der Waals surface area contributed by atoms with E-state index in [1.165, 1.54) is 10.4 Å². The highest BCUT2D eigenvalue weighted by Gasteiger charge is 2.36. The van der Waals surface area contributed by atoms with Gasteiger partial charge in [0.2, 0.25) is 0 Å². The Morgan fingerprint density at radius 2 is 1.89 bits per heavy atom. The van der Waals surface area contributed by atoms with Crippen LogP contribution >= 0.6 is 22.9 Å². The van der Waals surface area contributed by atoms with E-state index in [1.54, 1.807) is 28.4 Å². The zero-order valence-corrected chi connectivity index (χ0v) is 21.0. The maximum Gasteiger partial charge on any atom is 0.323 e. The lowest BCUT2D eigenvalue weighted by molar-refractivity contribution is 0.194. The van der Waals surface area contributed by atoms with Gasteiger partial charge < -0.3 is 19.7 Å². The zero-order valence-electron chi connectivity index (χ0n) is 19.5. The molecular weight excluding hydrogens is 502 g/mol. The quantitative estimate of drug-likeness (QED) is 0.321. The van der Waals surface area contributed by atoms with Crippen LogP contribution in [0.25, 0.3) is 5.00 Å². The van der Waals surface area contributed by atoms with Gasteiger partial charge in [-0.15, -0.1) is 11.3 Å². The average Bonchev–Trinajstić information content (AvgIpc) is 3.43. The van der Waals surface area contributed by atoms with Gasteiger partial charge in [-0.1, -0.05) is 23.7 Å². The van der Waals surface area contributed by atoms with Gasteiger partial charge in [0.05, 0.1) is 24.0 Å². The Kier molecular flexibility index (Phi) is 5.82. The fourth-order valence-corrected chi connectivity index (χ4v) is 6.70. The Hall–Kier alpha value is -3.20. The lowest BCUT2D eigenvalue weighted by Gasteiger charge is -2.32. The number of urea groups is 1. The summed E-state index contributed by atoms with van der Waals surface area (Å²) in [7, 11) is 2.11. The van der Waals surface area contributed by atoms with Gasteiger partial charge in [0.15, 0.2) is 0 Å². The Morgan fingerprint density at radius 3 is 2.69 bits per heavy atom. The summed E-state index contributed by atoms with van der Waals surface area (Å²) in [6.07, 6.45) is 2.92. The minimum absolute atomic E-state index is 0.191. The molecule has 2 amide bonds. The minimum Gasteiger partial charge on any atom is -0.310 e. The van der Waals surface area contributed by atoms with Crippen molar-refractivity contribution in [2.75, 3.05) is 18.9 Å². The number of hydrogen-bond donors (Lipinski definition) is 1. The number of nitrogens with one attached hydrogen (secondary N) is 1. The van der Waals surface area contributed by atoms with Crippen molar-refractivity contribution in [3.05, 3.63) is 105 Å². The lowest BCUT2D eigenvalue weighted by Crippen LogP contribution is -2.38. The summed E-state index contributed by atoms with van der Waals surface area (Å²) < 4.78 is 30.5. The molecule has 0 saturated heterocycles. The summed E-state index contributed by atoms with van der Waals surface area (Å²) in [4.78, 5) is 19.1. The van der Waals surface area contributed by atoms with Crippen molar-refractivity contribution in [3.8, 4) is 5.00 Å². The molecule has 1 atom stereocenters. The van der Waals surface area contributed by atoms with Crippen LogP contribution in [-0.2, 0) is 19.5 Å². The van der Waals surface area contributed by atoms with E-state index in [9.17, 15) is 13.6 Å². The predicted octanol–water partition coefficient (Wildman–Crippen LogP) is 6.60. The van der Waals surface area contributed by atoms with Crippen molar-refractivity contribution in [2.45, 2.75) is 25.6 Å². The summed E-state index contributed by atoms with van der Waals surface area (Å²) in [6.45, 7) is 2.14. The fraction of sp³-hybridized carbons (Fsp3) is 0.222. The highest BCUT2D eigenvalue weighted by molar-refractivity contribution is 7.15. The summed E-state index contributed by atoms with van der Waals surface area (Å²) in [5, 5.41) is 4.32. The van der Waals surface area contributed by atoms with Crippen molar-refractivity contribution < 1.29 is 13.6 Å². The summed E-state index contributed by atoms with van der Waals surface area (Å²) in [5.74, 6) is -1.31. The van der Waals surface area contributed by atoms with Gasteiger partial charge in [0.25, 0.3) is 0 Å². The largest absolute Gasteiger partial charge is 0.323 e. The molecule has 4 heterocycles. The number of anilines is 1. The smallest absolute Gasteiger partial charge is 0.310 e. The zero-order chi connectivity index (χ0) is 25.0. The van der Waals surface area contributed by atoms with Crippen LogP contribution in [0.1, 0.15) is 33.3 Å². The number of carbonyl (C=O) groups is 1. The Bertz CT molecular complexity index is 1470. The van der Waals surface area contributed by atoms with E-state index in [-0.39, 0.29) is 5.69 Å². The van der Waals surface area contributed by atoms with Crippen LogP contribution in [0.2, 0.25) is 5.02 Å². The first-order chi connectivity index (χ1) is 17.4.